The second kappa shape index (κ2) is 13.5. The van der Waals surface area contributed by atoms with E-state index in [1.165, 1.54) is 0 Å². The topological polar surface area (TPSA) is 39.7 Å². The Morgan fingerprint density at radius 3 is 2.23 bits per heavy atom. The quantitative estimate of drug-likeness (QED) is 0.243. The molecule has 0 fully saturated rings. The van der Waals surface area contributed by atoms with Crippen molar-refractivity contribution in [2.75, 3.05) is 19.8 Å². The van der Waals surface area contributed by atoms with Crippen molar-refractivity contribution in [1.82, 2.24) is 5.48 Å². The molecule has 0 aromatic heterocycles. The van der Waals surface area contributed by atoms with E-state index in [4.69, 9.17) is 49.1 Å². The molecule has 0 bridgehead atoms. The molecule has 0 spiro atoms. The molecule has 0 saturated heterocycles. The average molecular weight is 485 g/mol. The monoisotopic (exact) mass is 483 g/mol. The molecule has 168 valence electrons. The van der Waals surface area contributed by atoms with Crippen LogP contribution in [0.4, 0.5) is 0 Å². The summed E-state index contributed by atoms with van der Waals surface area (Å²) in [6, 6.07) is 11.4. The summed E-state index contributed by atoms with van der Waals surface area (Å²) in [4.78, 5) is 5.50. The molecule has 2 aromatic rings. The largest absolute Gasteiger partial charge is 0.493 e. The first kappa shape index (κ1) is 25.4. The number of rotatable bonds is 13. The lowest BCUT2D eigenvalue weighted by Gasteiger charge is -2.17. The van der Waals surface area contributed by atoms with Crippen LogP contribution in [0.2, 0.25) is 5.02 Å². The van der Waals surface area contributed by atoms with Crippen molar-refractivity contribution >= 4 is 40.5 Å². The molecular weight excluding hydrogens is 457 g/mol. The smallest absolute Gasteiger partial charge is 0.125 e. The van der Waals surface area contributed by atoms with Gasteiger partial charge >= 0.3 is 0 Å². The van der Waals surface area contributed by atoms with E-state index in [9.17, 15) is 0 Å². The molecule has 2 rings (SSSR count). The molecule has 0 radical (unpaired) electrons. The number of aryl methyl sites for hydroxylation is 2. The van der Waals surface area contributed by atoms with Crippen LogP contribution in [0.5, 0.6) is 11.5 Å². The molecule has 0 aliphatic heterocycles. The number of hydrogen-bond donors (Lipinski definition) is 1. The van der Waals surface area contributed by atoms with Crippen molar-refractivity contribution in [2.45, 2.75) is 33.1 Å². The van der Waals surface area contributed by atoms with Gasteiger partial charge in [0.25, 0.3) is 0 Å². The molecule has 0 amide bonds. The third-order valence-electron chi connectivity index (χ3n) is 4.49. The van der Waals surface area contributed by atoms with Crippen LogP contribution in [-0.2, 0) is 17.7 Å². The van der Waals surface area contributed by atoms with E-state index in [0.717, 1.165) is 47.5 Å². The van der Waals surface area contributed by atoms with Gasteiger partial charge in [-0.25, -0.2) is 0 Å². The number of benzene rings is 2. The first-order valence-corrected chi connectivity index (χ1v) is 11.3. The van der Waals surface area contributed by atoms with Gasteiger partial charge in [-0.15, -0.1) is 0 Å². The van der Waals surface area contributed by atoms with Gasteiger partial charge < -0.3 is 9.47 Å². The van der Waals surface area contributed by atoms with E-state index in [0.29, 0.717) is 30.5 Å². The van der Waals surface area contributed by atoms with Gasteiger partial charge in [-0.1, -0.05) is 67.4 Å². The van der Waals surface area contributed by atoms with Crippen molar-refractivity contribution in [3.05, 3.63) is 75.3 Å². The van der Waals surface area contributed by atoms with Gasteiger partial charge in [0.15, 0.2) is 0 Å². The van der Waals surface area contributed by atoms with E-state index in [-0.39, 0.29) is 4.49 Å². The first-order valence-electron chi connectivity index (χ1n) is 10.2. The fourth-order valence-corrected chi connectivity index (χ4v) is 3.12. The van der Waals surface area contributed by atoms with Crippen LogP contribution < -0.4 is 15.0 Å². The van der Waals surface area contributed by atoms with Gasteiger partial charge in [-0.3, -0.25) is 10.3 Å². The lowest BCUT2D eigenvalue weighted by atomic mass is 10.0. The molecule has 0 aliphatic carbocycles. The normalized spacial score (nSPS) is 10.5. The van der Waals surface area contributed by atoms with Crippen molar-refractivity contribution in [1.29, 1.82) is 0 Å². The van der Waals surface area contributed by atoms with Crippen LogP contribution in [0.1, 0.15) is 37.0 Å². The minimum absolute atomic E-state index is 0.194. The van der Waals surface area contributed by atoms with Gasteiger partial charge in [0.05, 0.1) is 18.9 Å². The zero-order chi connectivity index (χ0) is 22.6. The van der Waals surface area contributed by atoms with Gasteiger partial charge in [-0.2, -0.15) is 0 Å². The fourth-order valence-electron chi connectivity index (χ4n) is 2.87. The molecule has 7 heteroatoms. The van der Waals surface area contributed by atoms with E-state index < -0.39 is 0 Å². The second-order valence-electron chi connectivity index (χ2n) is 6.72. The SMILES string of the molecule is C=C(NOCCCOc1c(CC)cc(OCC=C(Cl)Cl)cc1CC)c1ccc(Cl)cc1. The molecular formula is C24H28Cl3NO3. The summed E-state index contributed by atoms with van der Waals surface area (Å²) in [5.74, 6) is 1.70. The summed E-state index contributed by atoms with van der Waals surface area (Å²) in [5, 5.41) is 0.684. The summed E-state index contributed by atoms with van der Waals surface area (Å²) in [6.45, 7) is 9.50. The highest BCUT2D eigenvalue weighted by Gasteiger charge is 2.11. The van der Waals surface area contributed by atoms with Gasteiger partial charge in [0, 0.05) is 11.4 Å². The Balaban J connectivity index is 1.83. The maximum atomic E-state index is 6.10. The molecule has 0 atom stereocenters. The summed E-state index contributed by atoms with van der Waals surface area (Å²) < 4.78 is 12.0. The molecule has 0 heterocycles. The predicted octanol–water partition coefficient (Wildman–Crippen LogP) is 7.12. The van der Waals surface area contributed by atoms with Gasteiger partial charge in [0.2, 0.25) is 0 Å². The first-order chi connectivity index (χ1) is 14.9. The standard InChI is InChI=1S/C24H28Cl3NO3/c1-4-18-15-22(29-14-11-23(26)27)16-19(5-2)24(18)30-12-6-13-31-28-17(3)20-7-9-21(25)10-8-20/h7-11,15-16,28H,3-6,12-14H2,1-2H3. The number of hydrogen-bond acceptors (Lipinski definition) is 4. The fraction of sp³-hybridized carbons (Fsp3) is 0.333. The lowest BCUT2D eigenvalue weighted by molar-refractivity contribution is 0.0685. The predicted molar refractivity (Wildman–Crippen MR) is 130 cm³/mol. The highest BCUT2D eigenvalue weighted by atomic mass is 35.5. The van der Waals surface area contributed by atoms with Gasteiger partial charge in [-0.05, 0) is 59.9 Å². The van der Waals surface area contributed by atoms with Crippen LogP contribution >= 0.6 is 34.8 Å². The summed E-state index contributed by atoms with van der Waals surface area (Å²) >= 11 is 17.2. The van der Waals surface area contributed by atoms with E-state index in [2.05, 4.69) is 25.9 Å². The Kier molecular flexibility index (Phi) is 11.1. The summed E-state index contributed by atoms with van der Waals surface area (Å²) in [7, 11) is 0. The van der Waals surface area contributed by atoms with Crippen LogP contribution in [0.3, 0.4) is 0 Å². The minimum Gasteiger partial charge on any atom is -0.493 e. The number of halogens is 3. The maximum Gasteiger partial charge on any atom is 0.125 e. The molecule has 1 N–H and O–H groups in total. The van der Waals surface area contributed by atoms with E-state index >= 15 is 0 Å². The van der Waals surface area contributed by atoms with E-state index in [1.807, 2.05) is 36.4 Å². The lowest BCUT2D eigenvalue weighted by Crippen LogP contribution is -2.15. The molecule has 2 aromatic carbocycles. The molecule has 0 saturated carbocycles. The van der Waals surface area contributed by atoms with Crippen LogP contribution in [0, 0.1) is 0 Å². The summed E-state index contributed by atoms with van der Waals surface area (Å²) in [6.07, 6.45) is 4.01. The van der Waals surface area contributed by atoms with Crippen molar-refractivity contribution in [3.63, 3.8) is 0 Å². The Labute approximate surface area is 199 Å². The van der Waals surface area contributed by atoms with Gasteiger partial charge in [0.1, 0.15) is 22.6 Å². The molecule has 0 unspecified atom stereocenters. The second-order valence-corrected chi connectivity index (χ2v) is 8.16. The van der Waals surface area contributed by atoms with Crippen molar-refractivity contribution in [3.8, 4) is 11.5 Å². The number of ether oxygens (including phenoxy) is 2. The molecule has 0 aliphatic rings. The van der Waals surface area contributed by atoms with Crippen molar-refractivity contribution in [2.24, 2.45) is 0 Å². The number of hydroxylamine groups is 1. The zero-order valence-electron chi connectivity index (χ0n) is 17.8. The third-order valence-corrected chi connectivity index (χ3v) is 5.05. The molecule has 31 heavy (non-hydrogen) atoms. The number of nitrogens with one attached hydrogen (secondary N) is 1. The third kappa shape index (κ3) is 8.66. The molecule has 4 nitrogen and oxygen atoms in total. The highest BCUT2D eigenvalue weighted by molar-refractivity contribution is 6.55. The van der Waals surface area contributed by atoms with Crippen LogP contribution in [-0.4, -0.2) is 19.8 Å². The highest BCUT2D eigenvalue weighted by Crippen LogP contribution is 2.31. The Bertz CT molecular complexity index is 853. The average Bonchev–Trinajstić information content (AvgIpc) is 2.76. The Morgan fingerprint density at radius 1 is 1.00 bits per heavy atom. The van der Waals surface area contributed by atoms with E-state index in [1.54, 1.807) is 6.08 Å². The minimum atomic E-state index is 0.194. The zero-order valence-corrected chi connectivity index (χ0v) is 20.1. The van der Waals surface area contributed by atoms with Crippen molar-refractivity contribution < 1.29 is 14.3 Å². The van der Waals surface area contributed by atoms with Crippen LogP contribution in [0.25, 0.3) is 5.70 Å². The maximum absolute atomic E-state index is 6.10. The Hall–Kier alpha value is -1.85. The van der Waals surface area contributed by atoms with Crippen LogP contribution in [0.15, 0.2) is 53.5 Å². The Morgan fingerprint density at radius 2 is 1.65 bits per heavy atom. The summed E-state index contributed by atoms with van der Waals surface area (Å²) in [5.41, 5.74) is 6.67.